The number of likely N-dealkylation sites (N-methyl/N-ethyl adjacent to an activating group) is 1. The fourth-order valence-corrected chi connectivity index (χ4v) is 1.93. The van der Waals surface area contributed by atoms with Gasteiger partial charge in [-0.3, -0.25) is 9.69 Å². The van der Waals surface area contributed by atoms with Gasteiger partial charge in [0.15, 0.2) is 5.78 Å². The molecule has 1 aromatic rings. The predicted octanol–water partition coefficient (Wildman–Crippen LogP) is 3.16. The molecule has 0 unspecified atom stereocenters. The predicted molar refractivity (Wildman–Crippen MR) is 72.5 cm³/mol. The Labute approximate surface area is 105 Å². The van der Waals surface area contributed by atoms with Crippen molar-refractivity contribution in [2.45, 2.75) is 27.7 Å². The third-order valence-corrected chi connectivity index (χ3v) is 2.78. The van der Waals surface area contributed by atoms with E-state index in [2.05, 4.69) is 25.7 Å². The van der Waals surface area contributed by atoms with Crippen LogP contribution >= 0.6 is 0 Å². The SMILES string of the molecule is CCN(CC(=O)c1cccc(C)c1)CC(C)C. The summed E-state index contributed by atoms with van der Waals surface area (Å²) in [6, 6.07) is 7.83. The Morgan fingerprint density at radius 2 is 2.06 bits per heavy atom. The third-order valence-electron chi connectivity index (χ3n) is 2.78. The zero-order chi connectivity index (χ0) is 12.8. The lowest BCUT2D eigenvalue weighted by molar-refractivity contribution is 0.0926. The zero-order valence-corrected chi connectivity index (χ0v) is 11.4. The second-order valence-electron chi connectivity index (χ2n) is 5.01. The first kappa shape index (κ1) is 13.9. The average molecular weight is 233 g/mol. The summed E-state index contributed by atoms with van der Waals surface area (Å²) in [6.45, 7) is 10.9. The van der Waals surface area contributed by atoms with Crippen molar-refractivity contribution in [2.24, 2.45) is 5.92 Å². The number of Topliss-reactive ketones (excluding diaryl/α,β-unsaturated/α-hetero) is 1. The topological polar surface area (TPSA) is 20.3 Å². The molecule has 0 fully saturated rings. The molecule has 0 spiro atoms. The van der Waals surface area contributed by atoms with Crippen LogP contribution in [0.25, 0.3) is 0 Å². The van der Waals surface area contributed by atoms with Crippen molar-refractivity contribution in [2.75, 3.05) is 19.6 Å². The van der Waals surface area contributed by atoms with Crippen molar-refractivity contribution in [1.82, 2.24) is 4.90 Å². The first-order chi connectivity index (χ1) is 8.02. The lowest BCUT2D eigenvalue weighted by atomic mass is 10.1. The Hall–Kier alpha value is -1.15. The van der Waals surface area contributed by atoms with E-state index >= 15 is 0 Å². The van der Waals surface area contributed by atoms with Crippen LogP contribution in [-0.4, -0.2) is 30.3 Å². The van der Waals surface area contributed by atoms with E-state index in [1.54, 1.807) is 0 Å². The molecule has 2 heteroatoms. The highest BCUT2D eigenvalue weighted by molar-refractivity contribution is 5.97. The van der Waals surface area contributed by atoms with E-state index in [0.717, 1.165) is 24.2 Å². The van der Waals surface area contributed by atoms with Crippen molar-refractivity contribution in [1.29, 1.82) is 0 Å². The number of carbonyl (C=O) groups excluding carboxylic acids is 1. The fraction of sp³-hybridized carbons (Fsp3) is 0.533. The van der Waals surface area contributed by atoms with Crippen LogP contribution in [0, 0.1) is 12.8 Å². The monoisotopic (exact) mass is 233 g/mol. The van der Waals surface area contributed by atoms with Crippen molar-refractivity contribution in [3.05, 3.63) is 35.4 Å². The molecule has 94 valence electrons. The Bertz CT molecular complexity index is 371. The molecular weight excluding hydrogens is 210 g/mol. The Balaban J connectivity index is 2.64. The van der Waals surface area contributed by atoms with Crippen molar-refractivity contribution >= 4 is 5.78 Å². The average Bonchev–Trinajstić information content (AvgIpc) is 2.27. The van der Waals surface area contributed by atoms with E-state index in [1.165, 1.54) is 0 Å². The molecule has 0 aliphatic rings. The number of ketones is 1. The number of benzene rings is 1. The van der Waals surface area contributed by atoms with E-state index in [4.69, 9.17) is 0 Å². The summed E-state index contributed by atoms with van der Waals surface area (Å²) in [7, 11) is 0. The molecule has 0 atom stereocenters. The van der Waals surface area contributed by atoms with Crippen LogP contribution < -0.4 is 0 Å². The Morgan fingerprint density at radius 3 is 2.59 bits per heavy atom. The maximum atomic E-state index is 12.1. The van der Waals surface area contributed by atoms with Crippen molar-refractivity contribution in [3.8, 4) is 0 Å². The smallest absolute Gasteiger partial charge is 0.176 e. The molecule has 0 aliphatic carbocycles. The van der Waals surface area contributed by atoms with Gasteiger partial charge in [-0.2, -0.15) is 0 Å². The summed E-state index contributed by atoms with van der Waals surface area (Å²) in [5.41, 5.74) is 1.97. The fourth-order valence-electron chi connectivity index (χ4n) is 1.93. The molecule has 17 heavy (non-hydrogen) atoms. The summed E-state index contributed by atoms with van der Waals surface area (Å²) in [6.07, 6.45) is 0. The molecule has 0 amide bonds. The first-order valence-corrected chi connectivity index (χ1v) is 6.35. The van der Waals surface area contributed by atoms with Crippen LogP contribution in [-0.2, 0) is 0 Å². The highest BCUT2D eigenvalue weighted by Gasteiger charge is 2.12. The van der Waals surface area contributed by atoms with Gasteiger partial charge in [0.25, 0.3) is 0 Å². The number of nitrogens with zero attached hydrogens (tertiary/aromatic N) is 1. The van der Waals surface area contributed by atoms with E-state index < -0.39 is 0 Å². The third kappa shape index (κ3) is 4.70. The van der Waals surface area contributed by atoms with Gasteiger partial charge in [-0.1, -0.05) is 44.5 Å². The van der Waals surface area contributed by atoms with Gasteiger partial charge in [-0.15, -0.1) is 0 Å². The van der Waals surface area contributed by atoms with Crippen LogP contribution in [0.3, 0.4) is 0 Å². The van der Waals surface area contributed by atoms with Crippen LogP contribution in [0.4, 0.5) is 0 Å². The minimum Gasteiger partial charge on any atom is -0.296 e. The molecule has 1 rings (SSSR count). The maximum Gasteiger partial charge on any atom is 0.176 e. The summed E-state index contributed by atoms with van der Waals surface area (Å²) in [4.78, 5) is 14.3. The number of carbonyl (C=O) groups is 1. The summed E-state index contributed by atoms with van der Waals surface area (Å²) >= 11 is 0. The Morgan fingerprint density at radius 1 is 1.35 bits per heavy atom. The van der Waals surface area contributed by atoms with Crippen LogP contribution in [0.1, 0.15) is 36.7 Å². The number of rotatable bonds is 6. The number of aryl methyl sites for hydroxylation is 1. The molecule has 0 aliphatic heterocycles. The largest absolute Gasteiger partial charge is 0.296 e. The van der Waals surface area contributed by atoms with Crippen LogP contribution in [0.15, 0.2) is 24.3 Å². The summed E-state index contributed by atoms with van der Waals surface area (Å²) in [5.74, 6) is 0.816. The highest BCUT2D eigenvalue weighted by Crippen LogP contribution is 2.07. The van der Waals surface area contributed by atoms with Gasteiger partial charge in [0.1, 0.15) is 0 Å². The van der Waals surface area contributed by atoms with Gasteiger partial charge in [0, 0.05) is 12.1 Å². The minimum absolute atomic E-state index is 0.219. The minimum atomic E-state index is 0.219. The molecule has 0 aromatic heterocycles. The lowest BCUT2D eigenvalue weighted by Crippen LogP contribution is -2.32. The van der Waals surface area contributed by atoms with Crippen LogP contribution in [0.5, 0.6) is 0 Å². The summed E-state index contributed by atoms with van der Waals surface area (Å²) < 4.78 is 0. The molecule has 0 radical (unpaired) electrons. The van der Waals surface area contributed by atoms with Gasteiger partial charge in [0.05, 0.1) is 6.54 Å². The second-order valence-corrected chi connectivity index (χ2v) is 5.01. The van der Waals surface area contributed by atoms with Gasteiger partial charge in [-0.25, -0.2) is 0 Å². The molecule has 0 heterocycles. The molecule has 0 saturated carbocycles. The van der Waals surface area contributed by atoms with Crippen molar-refractivity contribution in [3.63, 3.8) is 0 Å². The normalized spacial score (nSPS) is 11.2. The Kier molecular flexibility index (Phi) is 5.36. The van der Waals surface area contributed by atoms with E-state index in [9.17, 15) is 4.79 Å². The first-order valence-electron chi connectivity index (χ1n) is 6.35. The van der Waals surface area contributed by atoms with Crippen LogP contribution in [0.2, 0.25) is 0 Å². The second kappa shape index (κ2) is 6.55. The molecular formula is C15H23NO. The number of hydrogen-bond acceptors (Lipinski definition) is 2. The lowest BCUT2D eigenvalue weighted by Gasteiger charge is -2.21. The molecule has 2 nitrogen and oxygen atoms in total. The molecule has 0 saturated heterocycles. The molecule has 0 bridgehead atoms. The van der Waals surface area contributed by atoms with E-state index in [0.29, 0.717) is 12.5 Å². The van der Waals surface area contributed by atoms with Gasteiger partial charge in [-0.05, 0) is 25.5 Å². The van der Waals surface area contributed by atoms with Gasteiger partial charge < -0.3 is 0 Å². The zero-order valence-electron chi connectivity index (χ0n) is 11.4. The van der Waals surface area contributed by atoms with E-state index in [1.807, 2.05) is 31.2 Å². The number of hydrogen-bond donors (Lipinski definition) is 0. The maximum absolute atomic E-state index is 12.1. The quantitative estimate of drug-likeness (QED) is 0.703. The van der Waals surface area contributed by atoms with Gasteiger partial charge in [0.2, 0.25) is 0 Å². The van der Waals surface area contributed by atoms with Crippen molar-refractivity contribution < 1.29 is 4.79 Å². The molecule has 1 aromatic carbocycles. The standard InChI is InChI=1S/C15H23NO/c1-5-16(10-12(2)3)11-15(17)14-8-6-7-13(4)9-14/h6-9,12H,5,10-11H2,1-4H3. The molecule has 0 N–H and O–H groups in total. The van der Waals surface area contributed by atoms with E-state index in [-0.39, 0.29) is 5.78 Å². The highest BCUT2D eigenvalue weighted by atomic mass is 16.1. The summed E-state index contributed by atoms with van der Waals surface area (Å²) in [5, 5.41) is 0. The van der Waals surface area contributed by atoms with Gasteiger partial charge >= 0.3 is 0 Å².